The van der Waals surface area contributed by atoms with E-state index in [1.165, 1.54) is 11.5 Å². The largest absolute Gasteiger partial charge is 0.424 e. The minimum atomic E-state index is -0.905. The Kier molecular flexibility index (Phi) is 5.70. The highest BCUT2D eigenvalue weighted by molar-refractivity contribution is 6.35. The average Bonchev–Trinajstić information content (AvgIpc) is 3.23. The van der Waals surface area contributed by atoms with Crippen LogP contribution in [0.25, 0.3) is 16.9 Å². The van der Waals surface area contributed by atoms with Crippen molar-refractivity contribution in [3.8, 4) is 22.7 Å². The zero-order valence-electron chi connectivity index (χ0n) is 17.0. The topological polar surface area (TPSA) is 104 Å². The maximum Gasteiger partial charge on any atom is 0.308 e. The van der Waals surface area contributed by atoms with E-state index < -0.39 is 28.8 Å². The number of ether oxygens (including phenoxy) is 1. The van der Waals surface area contributed by atoms with Crippen LogP contribution in [0.5, 0.6) is 5.75 Å². The lowest BCUT2D eigenvalue weighted by Crippen LogP contribution is -2.29. The predicted molar refractivity (Wildman–Crippen MR) is 116 cm³/mol. The van der Waals surface area contributed by atoms with Gasteiger partial charge >= 0.3 is 5.97 Å². The van der Waals surface area contributed by atoms with Gasteiger partial charge in [0.2, 0.25) is 5.89 Å². The molecule has 160 valence electrons. The van der Waals surface area contributed by atoms with Gasteiger partial charge in [-0.25, -0.2) is 0 Å². The molecule has 4 aromatic rings. The van der Waals surface area contributed by atoms with Crippen molar-refractivity contribution >= 4 is 23.4 Å². The maximum atomic E-state index is 13.7. The molecule has 32 heavy (non-hydrogen) atoms. The number of ketones is 1. The Morgan fingerprint density at radius 2 is 1.62 bits per heavy atom. The van der Waals surface area contributed by atoms with Crippen molar-refractivity contribution < 1.29 is 18.7 Å². The molecule has 0 fully saturated rings. The first-order chi connectivity index (χ1) is 15.4. The van der Waals surface area contributed by atoms with Gasteiger partial charge in [-0.1, -0.05) is 60.1 Å². The molecular weight excluding hydrogens is 434 g/mol. The Bertz CT molecular complexity index is 1380. The molecule has 0 aliphatic carbocycles. The van der Waals surface area contributed by atoms with Gasteiger partial charge in [-0.15, -0.1) is 10.2 Å². The monoisotopic (exact) mass is 449 g/mol. The van der Waals surface area contributed by atoms with E-state index in [2.05, 4.69) is 10.2 Å². The number of aryl methyl sites for hydroxylation is 1. The third-order valence-electron chi connectivity index (χ3n) is 4.53. The van der Waals surface area contributed by atoms with Crippen LogP contribution in [0.4, 0.5) is 0 Å². The molecule has 0 saturated carbocycles. The highest BCUT2D eigenvalue weighted by atomic mass is 35.5. The van der Waals surface area contributed by atoms with Crippen molar-refractivity contribution in [3.05, 3.63) is 93.4 Å². The summed E-state index contributed by atoms with van der Waals surface area (Å²) in [6, 6.07) is 17.5. The molecule has 0 saturated heterocycles. The number of hydrogen-bond donors (Lipinski definition) is 0. The zero-order chi connectivity index (χ0) is 22.8. The number of benzene rings is 2. The molecule has 0 aliphatic heterocycles. The van der Waals surface area contributed by atoms with Gasteiger partial charge in [0.05, 0.1) is 5.69 Å². The SMILES string of the molecule is CC(=O)Oc1c(Cl)c(-c2ccccc2)n(-c2ccccc2)c(=O)c1C(=O)c1nnc(C)o1. The van der Waals surface area contributed by atoms with Crippen LogP contribution >= 0.6 is 11.6 Å². The second-order valence-corrected chi connectivity index (χ2v) is 7.14. The molecule has 0 N–H and O–H groups in total. The number of carbonyl (C=O) groups excluding carboxylic acids is 2. The summed E-state index contributed by atoms with van der Waals surface area (Å²) in [5.74, 6) is -2.30. The lowest BCUT2D eigenvalue weighted by Gasteiger charge is -2.19. The summed E-state index contributed by atoms with van der Waals surface area (Å²) >= 11 is 6.70. The summed E-state index contributed by atoms with van der Waals surface area (Å²) in [4.78, 5) is 38.8. The molecular formula is C23H16ClN3O5. The molecule has 0 bridgehead atoms. The third-order valence-corrected chi connectivity index (χ3v) is 4.88. The van der Waals surface area contributed by atoms with Crippen molar-refractivity contribution in [1.29, 1.82) is 0 Å². The second-order valence-electron chi connectivity index (χ2n) is 6.76. The number of pyridine rings is 1. The quantitative estimate of drug-likeness (QED) is 0.335. The van der Waals surface area contributed by atoms with E-state index in [0.29, 0.717) is 11.3 Å². The van der Waals surface area contributed by atoms with Crippen molar-refractivity contribution in [3.63, 3.8) is 0 Å². The van der Waals surface area contributed by atoms with E-state index in [0.717, 1.165) is 6.92 Å². The summed E-state index contributed by atoms with van der Waals surface area (Å²) in [6.07, 6.45) is 0. The first kappa shape index (κ1) is 21.2. The van der Waals surface area contributed by atoms with Crippen LogP contribution in [0.1, 0.15) is 29.1 Å². The second kappa shape index (κ2) is 8.60. The minimum Gasteiger partial charge on any atom is -0.424 e. The van der Waals surface area contributed by atoms with Gasteiger partial charge in [-0.3, -0.25) is 19.0 Å². The number of hydrogen-bond acceptors (Lipinski definition) is 7. The van der Waals surface area contributed by atoms with Crippen LogP contribution in [0, 0.1) is 6.92 Å². The fourth-order valence-electron chi connectivity index (χ4n) is 3.24. The molecule has 2 aromatic heterocycles. The Hall–Kier alpha value is -4.04. The van der Waals surface area contributed by atoms with Crippen LogP contribution in [-0.2, 0) is 4.79 Å². The first-order valence-electron chi connectivity index (χ1n) is 9.51. The van der Waals surface area contributed by atoms with E-state index in [9.17, 15) is 14.4 Å². The van der Waals surface area contributed by atoms with Crippen molar-refractivity contribution in [2.24, 2.45) is 0 Å². The van der Waals surface area contributed by atoms with Gasteiger partial charge in [0.15, 0.2) is 5.75 Å². The normalized spacial score (nSPS) is 10.7. The highest BCUT2D eigenvalue weighted by Gasteiger charge is 2.32. The Morgan fingerprint density at radius 1 is 1.00 bits per heavy atom. The molecule has 0 unspecified atom stereocenters. The van der Waals surface area contributed by atoms with E-state index in [1.807, 2.05) is 6.07 Å². The number of rotatable bonds is 5. The van der Waals surface area contributed by atoms with Crippen LogP contribution in [-0.4, -0.2) is 26.5 Å². The molecule has 2 heterocycles. The van der Waals surface area contributed by atoms with Crippen molar-refractivity contribution in [2.75, 3.05) is 0 Å². The van der Waals surface area contributed by atoms with Crippen LogP contribution in [0.15, 0.2) is 69.9 Å². The fourth-order valence-corrected chi connectivity index (χ4v) is 3.56. The summed E-state index contributed by atoms with van der Waals surface area (Å²) < 4.78 is 11.8. The molecule has 8 nitrogen and oxygen atoms in total. The Balaban J connectivity index is 2.13. The molecule has 0 aliphatic rings. The average molecular weight is 450 g/mol. The Labute approximate surface area is 187 Å². The standard InChI is InChI=1S/C23H16ClN3O5/c1-13-25-26-22(31-13)20(29)17-21(32-14(2)28)18(24)19(15-9-5-3-6-10-15)27(23(17)30)16-11-7-4-8-12-16/h3-12H,1-2H3. The van der Waals surface area contributed by atoms with Gasteiger partial charge in [0.25, 0.3) is 17.2 Å². The molecule has 4 rings (SSSR count). The summed E-state index contributed by atoms with van der Waals surface area (Å²) in [7, 11) is 0. The van der Waals surface area contributed by atoms with Gasteiger partial charge in [-0.05, 0) is 12.1 Å². The van der Waals surface area contributed by atoms with Crippen molar-refractivity contribution in [1.82, 2.24) is 14.8 Å². The summed E-state index contributed by atoms with van der Waals surface area (Å²) in [5.41, 5.74) is 0.0646. The zero-order valence-corrected chi connectivity index (χ0v) is 17.8. The third kappa shape index (κ3) is 3.83. The van der Waals surface area contributed by atoms with Crippen molar-refractivity contribution in [2.45, 2.75) is 13.8 Å². The lowest BCUT2D eigenvalue weighted by atomic mass is 10.1. The number of halogens is 1. The highest BCUT2D eigenvalue weighted by Crippen LogP contribution is 2.38. The minimum absolute atomic E-state index is 0.0885. The predicted octanol–water partition coefficient (Wildman–Crippen LogP) is 4.01. The lowest BCUT2D eigenvalue weighted by molar-refractivity contribution is -0.131. The number of carbonyl (C=O) groups is 2. The number of nitrogens with zero attached hydrogens (tertiary/aromatic N) is 3. The molecule has 0 spiro atoms. The van der Waals surface area contributed by atoms with Crippen LogP contribution in [0.2, 0.25) is 5.02 Å². The van der Waals surface area contributed by atoms with E-state index in [1.54, 1.807) is 54.6 Å². The van der Waals surface area contributed by atoms with Gasteiger partial charge in [0, 0.05) is 25.1 Å². The van der Waals surface area contributed by atoms with Gasteiger partial charge < -0.3 is 9.15 Å². The molecule has 9 heteroatoms. The molecule has 0 amide bonds. The van der Waals surface area contributed by atoms with Crippen LogP contribution < -0.4 is 10.3 Å². The molecule has 2 aromatic carbocycles. The van der Waals surface area contributed by atoms with E-state index in [-0.39, 0.29) is 22.4 Å². The van der Waals surface area contributed by atoms with E-state index >= 15 is 0 Å². The number of esters is 1. The smallest absolute Gasteiger partial charge is 0.308 e. The van der Waals surface area contributed by atoms with Gasteiger partial charge in [0.1, 0.15) is 10.6 Å². The number of para-hydroxylation sites is 1. The number of aromatic nitrogens is 3. The summed E-state index contributed by atoms with van der Waals surface area (Å²) in [5, 5.41) is 7.24. The first-order valence-corrected chi connectivity index (χ1v) is 9.89. The van der Waals surface area contributed by atoms with E-state index in [4.69, 9.17) is 20.8 Å². The maximum absolute atomic E-state index is 13.7. The Morgan fingerprint density at radius 3 is 2.19 bits per heavy atom. The molecule has 0 radical (unpaired) electrons. The van der Waals surface area contributed by atoms with Gasteiger partial charge in [-0.2, -0.15) is 0 Å². The molecule has 0 atom stereocenters. The fraction of sp³-hybridized carbons (Fsp3) is 0.0870. The van der Waals surface area contributed by atoms with Crippen LogP contribution in [0.3, 0.4) is 0 Å². The summed E-state index contributed by atoms with van der Waals surface area (Å²) in [6.45, 7) is 2.65.